The molecule has 6 heteroatoms. The minimum atomic E-state index is -0.576. The van der Waals surface area contributed by atoms with Crippen LogP contribution in [0.15, 0.2) is 149 Å². The minimum absolute atomic E-state index is 0.0987. The zero-order chi connectivity index (χ0) is 39.7. The summed E-state index contributed by atoms with van der Waals surface area (Å²) in [6.07, 6.45) is 1.85. The van der Waals surface area contributed by atoms with Gasteiger partial charge in [-0.05, 0) is 98.8 Å². The molecule has 0 radical (unpaired) electrons. The monoisotopic (exact) mass is 774 g/mol. The smallest absolute Gasteiger partial charge is 0.137 e. The van der Waals surface area contributed by atoms with Gasteiger partial charge in [0.1, 0.15) is 17.3 Å². The first-order valence-electron chi connectivity index (χ1n) is 20.3. The molecule has 0 amide bonds. The number of aromatic nitrogens is 2. The van der Waals surface area contributed by atoms with Crippen molar-refractivity contribution < 1.29 is 4.74 Å². The Kier molecular flexibility index (Phi) is 7.44. The second-order valence-electron chi connectivity index (χ2n) is 18.2. The van der Waals surface area contributed by atoms with Gasteiger partial charge in [0.15, 0.2) is 0 Å². The fraction of sp³-hybridized carbons (Fsp3) is 0.212. The van der Waals surface area contributed by atoms with Gasteiger partial charge in [-0.1, -0.05) is 120 Å². The summed E-state index contributed by atoms with van der Waals surface area (Å²) in [6.45, 7) is 15.0. The number of nitrogens with zero attached hydrogens (tertiary/aromatic N) is 4. The van der Waals surface area contributed by atoms with E-state index in [0.717, 1.165) is 35.0 Å². The second kappa shape index (κ2) is 12.3. The van der Waals surface area contributed by atoms with Crippen LogP contribution in [0.1, 0.15) is 74.9 Å². The van der Waals surface area contributed by atoms with Gasteiger partial charge in [-0.2, -0.15) is 0 Å². The molecular formula is C52H46N4OS. The van der Waals surface area contributed by atoms with Crippen molar-refractivity contribution >= 4 is 50.6 Å². The Morgan fingerprint density at radius 3 is 1.97 bits per heavy atom. The Bertz CT molecular complexity index is 2920. The molecule has 0 saturated carbocycles. The summed E-state index contributed by atoms with van der Waals surface area (Å²) >= 11 is 1.93. The zero-order valence-electron chi connectivity index (χ0n) is 34.1. The topological polar surface area (TPSA) is 33.5 Å². The van der Waals surface area contributed by atoms with Crippen LogP contribution in [-0.4, -0.2) is 23.3 Å². The molecule has 3 aliphatic rings. The summed E-state index contributed by atoms with van der Waals surface area (Å²) < 4.78 is 9.19. The van der Waals surface area contributed by atoms with Crippen LogP contribution in [0.5, 0.6) is 11.5 Å². The van der Waals surface area contributed by atoms with Crippen molar-refractivity contribution in [1.29, 1.82) is 0 Å². The molecule has 2 aromatic heterocycles. The number of anilines is 3. The van der Waals surface area contributed by atoms with Crippen LogP contribution in [-0.2, 0) is 16.2 Å². The van der Waals surface area contributed by atoms with E-state index in [0.29, 0.717) is 0 Å². The number of hydrogen-bond donors (Lipinski definition) is 0. The molecule has 8 aromatic rings. The number of para-hydroxylation sites is 2. The predicted molar refractivity (Wildman–Crippen MR) is 240 cm³/mol. The zero-order valence-corrected chi connectivity index (χ0v) is 34.9. The lowest BCUT2D eigenvalue weighted by Crippen LogP contribution is -2.43. The van der Waals surface area contributed by atoms with Gasteiger partial charge in [0.2, 0.25) is 0 Å². The van der Waals surface area contributed by atoms with Crippen LogP contribution in [0.2, 0.25) is 0 Å². The van der Waals surface area contributed by atoms with Gasteiger partial charge in [-0.15, -0.1) is 0 Å². The highest BCUT2D eigenvalue weighted by Gasteiger charge is 2.55. The van der Waals surface area contributed by atoms with Gasteiger partial charge in [0.05, 0.1) is 40.2 Å². The van der Waals surface area contributed by atoms with Crippen molar-refractivity contribution in [2.75, 3.05) is 23.5 Å². The first-order valence-corrected chi connectivity index (χ1v) is 21.1. The number of rotatable bonds is 3. The lowest BCUT2D eigenvalue weighted by atomic mass is 9.57. The standard InChI is InChI=1S/C52H46N4OS/c1-50(2,3)37-16-13-21-44-47(37)52(48-38(51(4,5)6)17-14-22-45(48)58-44)36-27-25-33(30-43(36)55-31-54(7)41-20-12-18-39(52)49(41)55)57-32-24-26-35-34-15-8-9-19-40(34)56(42(35)29-32)46-23-10-11-28-53-46/h8-30H,31H2,1-7H3. The Morgan fingerprint density at radius 1 is 0.603 bits per heavy atom. The first-order chi connectivity index (χ1) is 27.9. The fourth-order valence-electron chi connectivity index (χ4n) is 10.2. The summed E-state index contributed by atoms with van der Waals surface area (Å²) in [7, 11) is 2.22. The van der Waals surface area contributed by atoms with Crippen LogP contribution in [0.3, 0.4) is 0 Å². The molecule has 0 aliphatic carbocycles. The van der Waals surface area contributed by atoms with Crippen molar-refractivity contribution in [3.63, 3.8) is 0 Å². The van der Waals surface area contributed by atoms with Gasteiger partial charge in [0, 0.05) is 45.9 Å². The average Bonchev–Trinajstić information content (AvgIpc) is 3.73. The predicted octanol–water partition coefficient (Wildman–Crippen LogP) is 13.3. The Labute approximate surface area is 344 Å². The number of ether oxygens (including phenoxy) is 1. The molecule has 0 atom stereocenters. The molecule has 286 valence electrons. The summed E-state index contributed by atoms with van der Waals surface area (Å²) in [4.78, 5) is 12.3. The molecule has 11 rings (SSSR count). The summed E-state index contributed by atoms with van der Waals surface area (Å²) in [5, 5.41) is 2.36. The third-order valence-electron chi connectivity index (χ3n) is 12.5. The fourth-order valence-corrected chi connectivity index (χ4v) is 11.4. The van der Waals surface area contributed by atoms with Crippen molar-refractivity contribution in [3.05, 3.63) is 173 Å². The molecule has 5 heterocycles. The van der Waals surface area contributed by atoms with Gasteiger partial charge >= 0.3 is 0 Å². The van der Waals surface area contributed by atoms with Crippen molar-refractivity contribution in [2.24, 2.45) is 0 Å². The van der Waals surface area contributed by atoms with Crippen molar-refractivity contribution in [1.82, 2.24) is 9.55 Å². The van der Waals surface area contributed by atoms with Crippen LogP contribution in [0.4, 0.5) is 17.1 Å². The lowest BCUT2D eigenvalue weighted by Gasteiger charge is -2.51. The van der Waals surface area contributed by atoms with Crippen LogP contribution in [0, 0.1) is 0 Å². The van der Waals surface area contributed by atoms with Crippen LogP contribution >= 0.6 is 11.8 Å². The van der Waals surface area contributed by atoms with E-state index in [1.807, 2.05) is 30.1 Å². The molecule has 0 N–H and O–H groups in total. The Morgan fingerprint density at radius 2 is 1.26 bits per heavy atom. The van der Waals surface area contributed by atoms with Crippen molar-refractivity contribution in [3.8, 4) is 17.3 Å². The molecule has 1 spiro atoms. The largest absolute Gasteiger partial charge is 0.457 e. The number of fused-ring (bicyclic) bond motifs is 11. The maximum atomic E-state index is 6.96. The van der Waals surface area contributed by atoms with E-state index < -0.39 is 5.41 Å². The molecule has 0 unspecified atom stereocenters. The molecule has 5 nitrogen and oxygen atoms in total. The lowest BCUT2D eigenvalue weighted by molar-refractivity contribution is 0.482. The van der Waals surface area contributed by atoms with Gasteiger partial charge in [-0.25, -0.2) is 4.98 Å². The van der Waals surface area contributed by atoms with E-state index in [1.165, 1.54) is 71.0 Å². The number of pyridine rings is 1. The summed E-state index contributed by atoms with van der Waals surface area (Å²) in [5.74, 6) is 2.48. The SMILES string of the molecule is CN1CN2c3cc(Oc4ccc5c6ccccc6n(-c6ccccn6)c5c4)ccc3C3(c4cccc1c42)c1c(cccc1C(C)(C)C)Sc1cccc(C(C)(C)C)c13. The van der Waals surface area contributed by atoms with Gasteiger partial charge < -0.3 is 14.5 Å². The number of benzene rings is 6. The van der Waals surface area contributed by atoms with Gasteiger partial charge in [-0.3, -0.25) is 4.57 Å². The van der Waals surface area contributed by atoms with E-state index in [1.54, 1.807) is 0 Å². The third kappa shape index (κ3) is 4.88. The number of hydrogen-bond acceptors (Lipinski definition) is 5. The van der Waals surface area contributed by atoms with E-state index in [4.69, 9.17) is 9.72 Å². The maximum Gasteiger partial charge on any atom is 0.137 e. The molecule has 0 fully saturated rings. The van der Waals surface area contributed by atoms with Crippen LogP contribution < -0.4 is 14.5 Å². The molecular weight excluding hydrogens is 729 g/mol. The second-order valence-corrected chi connectivity index (χ2v) is 19.2. The highest BCUT2D eigenvalue weighted by molar-refractivity contribution is 7.99. The van der Waals surface area contributed by atoms with Gasteiger partial charge in [0.25, 0.3) is 0 Å². The average molecular weight is 775 g/mol. The molecule has 3 aliphatic heterocycles. The highest BCUT2D eigenvalue weighted by atomic mass is 32.2. The quantitative estimate of drug-likeness (QED) is 0.179. The first kappa shape index (κ1) is 35.2. The van der Waals surface area contributed by atoms with E-state index in [2.05, 4.69) is 184 Å². The normalized spacial score (nSPS) is 15.1. The van der Waals surface area contributed by atoms with E-state index in [9.17, 15) is 0 Å². The van der Waals surface area contributed by atoms with Crippen molar-refractivity contribution in [2.45, 2.75) is 67.6 Å². The molecule has 0 bridgehead atoms. The third-order valence-corrected chi connectivity index (χ3v) is 13.6. The summed E-state index contributed by atoms with van der Waals surface area (Å²) in [5.41, 5.74) is 13.3. The Balaban J connectivity index is 1.17. The van der Waals surface area contributed by atoms with E-state index in [-0.39, 0.29) is 10.8 Å². The highest BCUT2D eigenvalue weighted by Crippen LogP contribution is 2.66. The maximum absolute atomic E-state index is 6.96. The molecule has 6 aromatic carbocycles. The Hall–Kier alpha value is -5.98. The van der Waals surface area contributed by atoms with E-state index >= 15 is 0 Å². The molecule has 0 saturated heterocycles. The van der Waals surface area contributed by atoms with Crippen LogP contribution in [0.25, 0.3) is 27.6 Å². The summed E-state index contributed by atoms with van der Waals surface area (Å²) in [6, 6.07) is 48.9. The molecule has 58 heavy (non-hydrogen) atoms. The minimum Gasteiger partial charge on any atom is -0.457 e.